The van der Waals surface area contributed by atoms with Crippen molar-refractivity contribution in [3.8, 4) is 31.8 Å². The first-order chi connectivity index (χ1) is 11.3. The molecule has 4 heterocycles. The van der Waals surface area contributed by atoms with Gasteiger partial charge in [0.1, 0.15) is 15.7 Å². The summed E-state index contributed by atoms with van der Waals surface area (Å²) in [6, 6.07) is 9.80. The Morgan fingerprint density at radius 2 is 1.87 bits per heavy atom. The standard InChI is InChI=1S/C17H12N4S2/c1-11-15(23-16(20-11)12-5-4-7-18-9-12)17-21-14(10-22-17)13-6-2-3-8-19-13/h2-10H,1H3. The minimum atomic E-state index is 0.893. The maximum absolute atomic E-state index is 4.73. The van der Waals surface area contributed by atoms with Crippen molar-refractivity contribution in [2.24, 2.45) is 0 Å². The number of pyridine rings is 2. The van der Waals surface area contributed by atoms with Gasteiger partial charge in [-0.25, -0.2) is 9.97 Å². The molecule has 112 valence electrons. The molecule has 23 heavy (non-hydrogen) atoms. The summed E-state index contributed by atoms with van der Waals surface area (Å²) in [5, 5.41) is 4.00. The van der Waals surface area contributed by atoms with E-state index in [0.29, 0.717) is 0 Å². The molecule has 4 nitrogen and oxygen atoms in total. The zero-order chi connectivity index (χ0) is 15.6. The van der Waals surface area contributed by atoms with Crippen LogP contribution in [0.1, 0.15) is 5.69 Å². The number of thiazole rings is 2. The molecule has 0 fully saturated rings. The van der Waals surface area contributed by atoms with E-state index in [0.717, 1.165) is 37.5 Å². The van der Waals surface area contributed by atoms with E-state index >= 15 is 0 Å². The molecule has 0 aliphatic carbocycles. The van der Waals surface area contributed by atoms with E-state index in [2.05, 4.69) is 15.0 Å². The molecule has 0 N–H and O–H groups in total. The van der Waals surface area contributed by atoms with Gasteiger partial charge >= 0.3 is 0 Å². The van der Waals surface area contributed by atoms with Crippen molar-refractivity contribution in [1.29, 1.82) is 0 Å². The average Bonchev–Trinajstić information content (AvgIpc) is 3.23. The van der Waals surface area contributed by atoms with Gasteiger partial charge < -0.3 is 0 Å². The van der Waals surface area contributed by atoms with E-state index in [1.54, 1.807) is 35.1 Å². The molecule has 0 spiro atoms. The van der Waals surface area contributed by atoms with Gasteiger partial charge in [0, 0.05) is 29.5 Å². The summed E-state index contributed by atoms with van der Waals surface area (Å²) in [4.78, 5) is 19.0. The van der Waals surface area contributed by atoms with Gasteiger partial charge in [0.2, 0.25) is 0 Å². The summed E-state index contributed by atoms with van der Waals surface area (Å²) in [7, 11) is 0. The average molecular weight is 336 g/mol. The Hall–Kier alpha value is -2.44. The summed E-state index contributed by atoms with van der Waals surface area (Å²) in [6.45, 7) is 2.02. The molecule has 0 unspecified atom stereocenters. The second kappa shape index (κ2) is 5.98. The summed E-state index contributed by atoms with van der Waals surface area (Å²) in [6.07, 6.45) is 5.39. The van der Waals surface area contributed by atoms with Crippen LogP contribution in [0, 0.1) is 6.92 Å². The SMILES string of the molecule is Cc1nc(-c2cccnc2)sc1-c1nc(-c2ccccn2)cs1. The summed E-state index contributed by atoms with van der Waals surface area (Å²) in [5.74, 6) is 0. The van der Waals surface area contributed by atoms with E-state index in [-0.39, 0.29) is 0 Å². The Morgan fingerprint density at radius 3 is 2.65 bits per heavy atom. The van der Waals surface area contributed by atoms with Crippen LogP contribution in [0.15, 0.2) is 54.3 Å². The van der Waals surface area contributed by atoms with Crippen molar-refractivity contribution in [2.45, 2.75) is 6.92 Å². The van der Waals surface area contributed by atoms with Crippen molar-refractivity contribution in [1.82, 2.24) is 19.9 Å². The summed E-state index contributed by atoms with van der Waals surface area (Å²) < 4.78 is 0. The third kappa shape index (κ3) is 2.78. The van der Waals surface area contributed by atoms with Gasteiger partial charge in [0.15, 0.2) is 0 Å². The van der Waals surface area contributed by atoms with E-state index in [9.17, 15) is 0 Å². The quantitative estimate of drug-likeness (QED) is 0.544. The fraction of sp³-hybridized carbons (Fsp3) is 0.0588. The Bertz CT molecular complexity index is 930. The van der Waals surface area contributed by atoms with Crippen molar-refractivity contribution < 1.29 is 0 Å². The number of aromatic nitrogens is 4. The lowest BCUT2D eigenvalue weighted by molar-refractivity contribution is 1.24. The van der Waals surface area contributed by atoms with E-state index < -0.39 is 0 Å². The lowest BCUT2D eigenvalue weighted by Gasteiger charge is -1.94. The highest BCUT2D eigenvalue weighted by Gasteiger charge is 2.15. The lowest BCUT2D eigenvalue weighted by Crippen LogP contribution is -1.82. The molecule has 0 bridgehead atoms. The van der Waals surface area contributed by atoms with E-state index in [4.69, 9.17) is 4.98 Å². The normalized spacial score (nSPS) is 10.8. The molecular formula is C17H12N4S2. The van der Waals surface area contributed by atoms with Crippen molar-refractivity contribution >= 4 is 22.7 Å². The Morgan fingerprint density at radius 1 is 0.913 bits per heavy atom. The van der Waals surface area contributed by atoms with Gasteiger partial charge in [-0.05, 0) is 31.2 Å². The number of hydrogen-bond acceptors (Lipinski definition) is 6. The maximum Gasteiger partial charge on any atom is 0.136 e. The zero-order valence-corrected chi connectivity index (χ0v) is 13.9. The third-order valence-corrected chi connectivity index (χ3v) is 5.53. The van der Waals surface area contributed by atoms with Gasteiger partial charge in [0.05, 0.1) is 16.3 Å². The molecule has 4 aromatic rings. The van der Waals surface area contributed by atoms with Crippen LogP contribution < -0.4 is 0 Å². The van der Waals surface area contributed by atoms with Crippen LogP contribution in [-0.4, -0.2) is 19.9 Å². The van der Waals surface area contributed by atoms with Crippen LogP contribution in [0.25, 0.3) is 31.8 Å². The topological polar surface area (TPSA) is 51.6 Å². The van der Waals surface area contributed by atoms with Gasteiger partial charge in [-0.1, -0.05) is 6.07 Å². The first-order valence-electron chi connectivity index (χ1n) is 7.06. The number of rotatable bonds is 3. The molecule has 0 atom stereocenters. The van der Waals surface area contributed by atoms with Crippen molar-refractivity contribution in [3.05, 3.63) is 60.0 Å². The van der Waals surface area contributed by atoms with Crippen LogP contribution in [-0.2, 0) is 0 Å². The minimum absolute atomic E-state index is 0.893. The minimum Gasteiger partial charge on any atom is -0.264 e. The molecule has 4 rings (SSSR count). The number of nitrogens with zero attached hydrogens (tertiary/aromatic N) is 4. The second-order valence-electron chi connectivity index (χ2n) is 4.93. The summed E-state index contributed by atoms with van der Waals surface area (Å²) >= 11 is 3.27. The largest absolute Gasteiger partial charge is 0.264 e. The Labute approximate surface area is 141 Å². The zero-order valence-electron chi connectivity index (χ0n) is 12.3. The van der Waals surface area contributed by atoms with E-state index in [1.807, 2.05) is 48.8 Å². The van der Waals surface area contributed by atoms with Gasteiger partial charge in [-0.3, -0.25) is 9.97 Å². The van der Waals surface area contributed by atoms with Crippen LogP contribution in [0.2, 0.25) is 0 Å². The predicted octanol–water partition coefficient (Wildman–Crippen LogP) is 4.70. The third-order valence-electron chi connectivity index (χ3n) is 3.33. The molecule has 0 amide bonds. The molecule has 4 aromatic heterocycles. The molecule has 0 aliphatic heterocycles. The first-order valence-corrected chi connectivity index (χ1v) is 8.76. The van der Waals surface area contributed by atoms with Crippen LogP contribution in [0.3, 0.4) is 0 Å². The highest BCUT2D eigenvalue weighted by Crippen LogP contribution is 2.37. The highest BCUT2D eigenvalue weighted by atomic mass is 32.1. The molecule has 0 radical (unpaired) electrons. The highest BCUT2D eigenvalue weighted by molar-refractivity contribution is 7.23. The van der Waals surface area contributed by atoms with Crippen molar-refractivity contribution in [2.75, 3.05) is 0 Å². The van der Waals surface area contributed by atoms with Gasteiger partial charge in [-0.15, -0.1) is 22.7 Å². The lowest BCUT2D eigenvalue weighted by atomic mass is 10.3. The Kier molecular flexibility index (Phi) is 3.69. The van der Waals surface area contributed by atoms with Crippen LogP contribution in [0.5, 0.6) is 0 Å². The number of hydrogen-bond donors (Lipinski definition) is 0. The van der Waals surface area contributed by atoms with Gasteiger partial charge in [-0.2, -0.15) is 0 Å². The van der Waals surface area contributed by atoms with Crippen LogP contribution in [0.4, 0.5) is 0 Å². The molecule has 6 heteroatoms. The molecular weight excluding hydrogens is 324 g/mol. The van der Waals surface area contributed by atoms with E-state index in [1.165, 1.54) is 0 Å². The Balaban J connectivity index is 1.72. The van der Waals surface area contributed by atoms with Gasteiger partial charge in [0.25, 0.3) is 0 Å². The molecule has 0 saturated heterocycles. The molecule has 0 saturated carbocycles. The molecule has 0 aromatic carbocycles. The first kappa shape index (κ1) is 14.2. The predicted molar refractivity (Wildman–Crippen MR) is 94.4 cm³/mol. The van der Waals surface area contributed by atoms with Crippen LogP contribution >= 0.6 is 22.7 Å². The molecule has 0 aliphatic rings. The summed E-state index contributed by atoms with van der Waals surface area (Å²) in [5.41, 5.74) is 3.83. The number of aryl methyl sites for hydroxylation is 1. The maximum atomic E-state index is 4.73. The fourth-order valence-electron chi connectivity index (χ4n) is 2.22. The second-order valence-corrected chi connectivity index (χ2v) is 6.79. The fourth-order valence-corrected chi connectivity index (χ4v) is 4.23. The van der Waals surface area contributed by atoms with Crippen molar-refractivity contribution in [3.63, 3.8) is 0 Å². The smallest absolute Gasteiger partial charge is 0.136 e. The monoisotopic (exact) mass is 336 g/mol.